The van der Waals surface area contributed by atoms with Crippen LogP contribution in [0.5, 0.6) is 5.75 Å². The van der Waals surface area contributed by atoms with Gasteiger partial charge in [0, 0.05) is 12.6 Å². The SMILES string of the molecule is COc1ccccc1CCC1=N/C(=C/c2ccccn2)C(=O)O1. The highest BCUT2D eigenvalue weighted by atomic mass is 16.6. The van der Waals surface area contributed by atoms with Crippen LogP contribution in [0, 0.1) is 0 Å². The summed E-state index contributed by atoms with van der Waals surface area (Å²) in [4.78, 5) is 20.3. The highest BCUT2D eigenvalue weighted by Crippen LogP contribution is 2.21. The number of para-hydroxylation sites is 1. The van der Waals surface area contributed by atoms with E-state index in [0.29, 0.717) is 24.4 Å². The number of carbonyl (C=O) groups excluding carboxylic acids is 1. The molecular formula is C18H16N2O3. The largest absolute Gasteiger partial charge is 0.496 e. The number of benzene rings is 1. The van der Waals surface area contributed by atoms with Crippen molar-refractivity contribution in [3.63, 3.8) is 0 Å². The normalized spacial score (nSPS) is 15.4. The molecule has 0 N–H and O–H groups in total. The van der Waals surface area contributed by atoms with Crippen molar-refractivity contribution in [1.82, 2.24) is 4.98 Å². The van der Waals surface area contributed by atoms with Gasteiger partial charge < -0.3 is 9.47 Å². The molecule has 0 bridgehead atoms. The Balaban J connectivity index is 1.71. The van der Waals surface area contributed by atoms with Gasteiger partial charge in [-0.2, -0.15) is 0 Å². The minimum atomic E-state index is -0.439. The van der Waals surface area contributed by atoms with E-state index < -0.39 is 5.97 Å². The first kappa shape index (κ1) is 15.0. The predicted molar refractivity (Wildman–Crippen MR) is 87.1 cm³/mol. The monoisotopic (exact) mass is 308 g/mol. The van der Waals surface area contributed by atoms with E-state index in [0.717, 1.165) is 11.3 Å². The molecule has 0 atom stereocenters. The summed E-state index contributed by atoms with van der Waals surface area (Å²) in [6, 6.07) is 13.2. The molecule has 0 radical (unpaired) electrons. The standard InChI is InChI=1S/C18H16N2O3/c1-22-16-8-3-2-6-13(16)9-10-17-20-15(18(21)23-17)12-14-7-4-5-11-19-14/h2-8,11-12H,9-10H2,1H3/b15-12+. The fourth-order valence-electron chi connectivity index (χ4n) is 2.31. The van der Waals surface area contributed by atoms with E-state index in [9.17, 15) is 4.79 Å². The Kier molecular flexibility index (Phi) is 4.47. The van der Waals surface area contributed by atoms with E-state index in [2.05, 4.69) is 9.98 Å². The minimum absolute atomic E-state index is 0.277. The number of aliphatic imine (C=N–C) groups is 1. The second-order valence-corrected chi connectivity index (χ2v) is 4.99. The topological polar surface area (TPSA) is 60.8 Å². The third-order valence-corrected chi connectivity index (χ3v) is 3.44. The van der Waals surface area contributed by atoms with Crippen molar-refractivity contribution in [2.75, 3.05) is 7.11 Å². The number of pyridine rings is 1. The summed E-state index contributed by atoms with van der Waals surface area (Å²) < 4.78 is 10.5. The molecule has 2 aromatic rings. The van der Waals surface area contributed by atoms with Crippen LogP contribution in [0.25, 0.3) is 6.08 Å². The highest BCUT2D eigenvalue weighted by Gasteiger charge is 2.23. The van der Waals surface area contributed by atoms with E-state index in [-0.39, 0.29) is 5.70 Å². The number of cyclic esters (lactones) is 1. The van der Waals surface area contributed by atoms with E-state index in [1.807, 2.05) is 42.5 Å². The first-order chi connectivity index (χ1) is 11.3. The second kappa shape index (κ2) is 6.87. The van der Waals surface area contributed by atoms with Crippen LogP contribution in [-0.2, 0) is 16.0 Å². The number of esters is 1. The van der Waals surface area contributed by atoms with Crippen LogP contribution in [-0.4, -0.2) is 24.0 Å². The summed E-state index contributed by atoms with van der Waals surface area (Å²) in [7, 11) is 1.64. The van der Waals surface area contributed by atoms with Gasteiger partial charge in [0.1, 0.15) is 5.75 Å². The molecule has 0 amide bonds. The van der Waals surface area contributed by atoms with Crippen LogP contribution in [0.2, 0.25) is 0 Å². The summed E-state index contributed by atoms with van der Waals surface area (Å²) in [6.07, 6.45) is 4.51. The van der Waals surface area contributed by atoms with Crippen LogP contribution in [0.1, 0.15) is 17.7 Å². The van der Waals surface area contributed by atoms with Crippen molar-refractivity contribution in [2.45, 2.75) is 12.8 Å². The lowest BCUT2D eigenvalue weighted by Crippen LogP contribution is -2.05. The molecule has 0 saturated carbocycles. The molecule has 1 aromatic heterocycles. The van der Waals surface area contributed by atoms with Gasteiger partial charge in [-0.1, -0.05) is 24.3 Å². The molecule has 1 aliphatic rings. The molecule has 2 heterocycles. The second-order valence-electron chi connectivity index (χ2n) is 4.99. The third-order valence-electron chi connectivity index (χ3n) is 3.44. The number of ether oxygens (including phenoxy) is 2. The average Bonchev–Trinajstić information content (AvgIpc) is 2.94. The molecule has 0 unspecified atom stereocenters. The molecule has 0 aliphatic carbocycles. The molecule has 1 aliphatic heterocycles. The Hall–Kier alpha value is -2.95. The van der Waals surface area contributed by atoms with Crippen LogP contribution < -0.4 is 4.74 Å². The van der Waals surface area contributed by atoms with Gasteiger partial charge >= 0.3 is 5.97 Å². The average molecular weight is 308 g/mol. The van der Waals surface area contributed by atoms with Crippen molar-refractivity contribution in [1.29, 1.82) is 0 Å². The van der Waals surface area contributed by atoms with E-state index in [1.165, 1.54) is 0 Å². The molecule has 23 heavy (non-hydrogen) atoms. The van der Waals surface area contributed by atoms with Crippen molar-refractivity contribution >= 4 is 17.9 Å². The van der Waals surface area contributed by atoms with Crippen LogP contribution in [0.4, 0.5) is 0 Å². The van der Waals surface area contributed by atoms with Crippen molar-refractivity contribution in [3.05, 3.63) is 65.6 Å². The number of hydrogen-bond donors (Lipinski definition) is 0. The zero-order valence-corrected chi connectivity index (χ0v) is 12.7. The van der Waals surface area contributed by atoms with Crippen LogP contribution in [0.15, 0.2) is 59.4 Å². The van der Waals surface area contributed by atoms with Gasteiger partial charge in [0.25, 0.3) is 0 Å². The summed E-state index contributed by atoms with van der Waals surface area (Å²) in [5.74, 6) is 0.801. The highest BCUT2D eigenvalue weighted by molar-refractivity contribution is 6.07. The number of carbonyl (C=O) groups is 1. The lowest BCUT2D eigenvalue weighted by molar-refractivity contribution is -0.130. The zero-order valence-electron chi connectivity index (χ0n) is 12.7. The van der Waals surface area contributed by atoms with Gasteiger partial charge in [0.05, 0.1) is 12.8 Å². The zero-order chi connectivity index (χ0) is 16.1. The molecule has 0 spiro atoms. The number of methoxy groups -OCH3 is 1. The van der Waals surface area contributed by atoms with Crippen LogP contribution >= 0.6 is 0 Å². The number of hydrogen-bond acceptors (Lipinski definition) is 5. The number of rotatable bonds is 5. The van der Waals surface area contributed by atoms with E-state index in [1.54, 1.807) is 19.4 Å². The van der Waals surface area contributed by atoms with Gasteiger partial charge in [-0.3, -0.25) is 4.98 Å². The summed E-state index contributed by atoms with van der Waals surface area (Å²) >= 11 is 0. The predicted octanol–water partition coefficient (Wildman–Crippen LogP) is 3.02. The fourth-order valence-corrected chi connectivity index (χ4v) is 2.31. The van der Waals surface area contributed by atoms with Gasteiger partial charge in [0.2, 0.25) is 0 Å². The Morgan fingerprint density at radius 1 is 1.13 bits per heavy atom. The first-order valence-corrected chi connectivity index (χ1v) is 7.30. The lowest BCUT2D eigenvalue weighted by atomic mass is 10.1. The Labute approximate surface area is 134 Å². The minimum Gasteiger partial charge on any atom is -0.496 e. The van der Waals surface area contributed by atoms with Crippen molar-refractivity contribution in [2.24, 2.45) is 4.99 Å². The maximum atomic E-state index is 11.9. The molecule has 5 heteroatoms. The third kappa shape index (κ3) is 3.63. The first-order valence-electron chi connectivity index (χ1n) is 7.30. The van der Waals surface area contributed by atoms with Gasteiger partial charge in [-0.25, -0.2) is 9.79 Å². The maximum absolute atomic E-state index is 11.9. The van der Waals surface area contributed by atoms with Gasteiger partial charge in [-0.15, -0.1) is 0 Å². The van der Waals surface area contributed by atoms with Gasteiger partial charge in [-0.05, 0) is 36.3 Å². The lowest BCUT2D eigenvalue weighted by Gasteiger charge is -2.07. The van der Waals surface area contributed by atoms with Crippen molar-refractivity contribution in [3.8, 4) is 5.75 Å². The Morgan fingerprint density at radius 3 is 2.74 bits per heavy atom. The van der Waals surface area contributed by atoms with E-state index >= 15 is 0 Å². The molecule has 3 rings (SSSR count). The molecule has 1 aromatic carbocycles. The Bertz CT molecular complexity index is 767. The summed E-state index contributed by atoms with van der Waals surface area (Å²) in [5, 5.41) is 0. The summed E-state index contributed by atoms with van der Waals surface area (Å²) in [5.41, 5.74) is 2.00. The number of aromatic nitrogens is 1. The summed E-state index contributed by atoms with van der Waals surface area (Å²) in [6.45, 7) is 0. The van der Waals surface area contributed by atoms with Crippen LogP contribution in [0.3, 0.4) is 0 Å². The maximum Gasteiger partial charge on any atom is 0.363 e. The van der Waals surface area contributed by atoms with Gasteiger partial charge in [0.15, 0.2) is 11.6 Å². The Morgan fingerprint density at radius 2 is 1.96 bits per heavy atom. The molecule has 116 valence electrons. The van der Waals surface area contributed by atoms with E-state index in [4.69, 9.17) is 9.47 Å². The molecular weight excluding hydrogens is 292 g/mol. The molecule has 5 nitrogen and oxygen atoms in total. The number of aryl methyl sites for hydroxylation is 1. The smallest absolute Gasteiger partial charge is 0.363 e. The molecule has 0 saturated heterocycles. The molecule has 0 fully saturated rings. The number of nitrogens with zero attached hydrogens (tertiary/aromatic N) is 2. The fraction of sp³-hybridized carbons (Fsp3) is 0.167. The van der Waals surface area contributed by atoms with Crippen molar-refractivity contribution < 1.29 is 14.3 Å². The quantitative estimate of drug-likeness (QED) is 0.629.